The monoisotopic (exact) mass is 284 g/mol. The Morgan fingerprint density at radius 2 is 2.32 bits per heavy atom. The first-order valence-corrected chi connectivity index (χ1v) is 6.36. The van der Waals surface area contributed by atoms with E-state index in [-0.39, 0.29) is 17.4 Å². The lowest BCUT2D eigenvalue weighted by molar-refractivity contribution is 0.0729. The zero-order valence-corrected chi connectivity index (χ0v) is 11.2. The van der Waals surface area contributed by atoms with Gasteiger partial charge in [0.1, 0.15) is 5.82 Å². The van der Waals surface area contributed by atoms with Crippen molar-refractivity contribution in [3.63, 3.8) is 0 Å². The second-order valence-corrected chi connectivity index (χ2v) is 5.05. The highest BCUT2D eigenvalue weighted by molar-refractivity contribution is 6.31. The Bertz CT molecular complexity index is 533. The van der Waals surface area contributed by atoms with Gasteiger partial charge in [0.2, 0.25) is 0 Å². The summed E-state index contributed by atoms with van der Waals surface area (Å²) < 4.78 is 13.6. The number of benzene rings is 1. The van der Waals surface area contributed by atoms with Crippen LogP contribution in [0.2, 0.25) is 5.02 Å². The number of oxime groups is 1. The van der Waals surface area contributed by atoms with Crippen molar-refractivity contribution in [3.05, 3.63) is 34.6 Å². The second-order valence-electron chi connectivity index (χ2n) is 4.62. The molecule has 1 fully saturated rings. The fourth-order valence-electron chi connectivity index (χ4n) is 2.19. The third kappa shape index (κ3) is 2.87. The zero-order chi connectivity index (χ0) is 14.0. The van der Waals surface area contributed by atoms with Gasteiger partial charge in [0.15, 0.2) is 0 Å². The van der Waals surface area contributed by atoms with E-state index in [1.807, 2.05) is 6.92 Å². The van der Waals surface area contributed by atoms with Crippen molar-refractivity contribution in [1.29, 1.82) is 0 Å². The van der Waals surface area contributed by atoms with E-state index in [1.54, 1.807) is 4.90 Å². The highest BCUT2D eigenvalue weighted by Crippen LogP contribution is 2.20. The summed E-state index contributed by atoms with van der Waals surface area (Å²) in [7, 11) is 0. The molecule has 102 valence electrons. The number of halogens is 2. The molecule has 0 aromatic heterocycles. The minimum atomic E-state index is -0.580. The second kappa shape index (κ2) is 5.57. The zero-order valence-electron chi connectivity index (χ0n) is 10.4. The van der Waals surface area contributed by atoms with Crippen molar-refractivity contribution in [2.75, 3.05) is 13.1 Å². The molecule has 0 saturated carbocycles. The molecule has 1 aliphatic rings. The standard InChI is InChI=1S/C13H14ClFN2O2/c1-8-7-17(5-4-12(8)16-19)13(18)10-6-9(14)2-3-11(10)15/h2-3,6,8,19H,4-5,7H2,1H3/b16-12+. The summed E-state index contributed by atoms with van der Waals surface area (Å²) in [4.78, 5) is 13.8. The molecule has 0 aliphatic carbocycles. The van der Waals surface area contributed by atoms with E-state index in [2.05, 4.69) is 5.16 Å². The normalized spacial score (nSPS) is 21.7. The molecule has 1 heterocycles. The number of amides is 1. The quantitative estimate of drug-likeness (QED) is 0.637. The lowest BCUT2D eigenvalue weighted by Crippen LogP contribution is -2.43. The van der Waals surface area contributed by atoms with Crippen LogP contribution in [0.1, 0.15) is 23.7 Å². The van der Waals surface area contributed by atoms with Crippen LogP contribution < -0.4 is 0 Å². The minimum absolute atomic E-state index is 0.0240. The Morgan fingerprint density at radius 1 is 1.58 bits per heavy atom. The maximum atomic E-state index is 13.6. The number of carbonyl (C=O) groups excluding carboxylic acids is 1. The maximum absolute atomic E-state index is 13.6. The van der Waals surface area contributed by atoms with E-state index >= 15 is 0 Å². The molecule has 1 N–H and O–H groups in total. The minimum Gasteiger partial charge on any atom is -0.411 e. The van der Waals surface area contributed by atoms with Crippen LogP contribution in [0.15, 0.2) is 23.4 Å². The molecular formula is C13H14ClFN2O2. The Balaban J connectivity index is 2.19. The lowest BCUT2D eigenvalue weighted by Gasteiger charge is -2.31. The van der Waals surface area contributed by atoms with Gasteiger partial charge in [-0.2, -0.15) is 0 Å². The van der Waals surface area contributed by atoms with Crippen LogP contribution in [0.4, 0.5) is 4.39 Å². The van der Waals surface area contributed by atoms with Gasteiger partial charge in [0, 0.05) is 30.5 Å². The summed E-state index contributed by atoms with van der Waals surface area (Å²) in [6.07, 6.45) is 0.492. The molecule has 0 radical (unpaired) electrons. The molecule has 1 unspecified atom stereocenters. The van der Waals surface area contributed by atoms with Crippen molar-refractivity contribution >= 4 is 23.2 Å². The topological polar surface area (TPSA) is 52.9 Å². The molecular weight excluding hydrogens is 271 g/mol. The fourth-order valence-corrected chi connectivity index (χ4v) is 2.36. The van der Waals surface area contributed by atoms with Gasteiger partial charge >= 0.3 is 0 Å². The fraction of sp³-hybridized carbons (Fsp3) is 0.385. The van der Waals surface area contributed by atoms with Crippen LogP contribution in [-0.2, 0) is 0 Å². The molecule has 1 aliphatic heterocycles. The van der Waals surface area contributed by atoms with E-state index in [4.69, 9.17) is 16.8 Å². The van der Waals surface area contributed by atoms with Gasteiger partial charge < -0.3 is 10.1 Å². The number of hydrogen-bond donors (Lipinski definition) is 1. The van der Waals surface area contributed by atoms with Crippen LogP contribution in [0.25, 0.3) is 0 Å². The molecule has 1 atom stereocenters. The van der Waals surface area contributed by atoms with Gasteiger partial charge in [-0.15, -0.1) is 0 Å². The van der Waals surface area contributed by atoms with Crippen LogP contribution >= 0.6 is 11.6 Å². The molecule has 1 aromatic carbocycles. The maximum Gasteiger partial charge on any atom is 0.256 e. The SMILES string of the molecule is CC1CN(C(=O)c2cc(Cl)ccc2F)CC/C1=N\O. The summed E-state index contributed by atoms with van der Waals surface area (Å²) in [5.74, 6) is -1.00. The molecule has 4 nitrogen and oxygen atoms in total. The van der Waals surface area contributed by atoms with Crippen LogP contribution in [0.3, 0.4) is 0 Å². The molecule has 1 aromatic rings. The predicted octanol–water partition coefficient (Wildman–Crippen LogP) is 2.79. The third-order valence-electron chi connectivity index (χ3n) is 3.28. The van der Waals surface area contributed by atoms with Gasteiger partial charge in [-0.1, -0.05) is 23.7 Å². The van der Waals surface area contributed by atoms with Crippen LogP contribution in [-0.4, -0.2) is 34.8 Å². The predicted molar refractivity (Wildman–Crippen MR) is 70.3 cm³/mol. The van der Waals surface area contributed by atoms with E-state index < -0.39 is 5.82 Å². The summed E-state index contributed by atoms with van der Waals surface area (Å²) in [5, 5.41) is 12.3. The largest absolute Gasteiger partial charge is 0.411 e. The van der Waals surface area contributed by atoms with E-state index in [0.717, 1.165) is 0 Å². The van der Waals surface area contributed by atoms with Gasteiger partial charge in [-0.3, -0.25) is 4.79 Å². The van der Waals surface area contributed by atoms with Crippen molar-refractivity contribution in [2.45, 2.75) is 13.3 Å². The number of piperidine rings is 1. The van der Waals surface area contributed by atoms with Crippen molar-refractivity contribution in [3.8, 4) is 0 Å². The Hall–Kier alpha value is -1.62. The number of likely N-dealkylation sites (tertiary alicyclic amines) is 1. The highest BCUT2D eigenvalue weighted by Gasteiger charge is 2.27. The van der Waals surface area contributed by atoms with Gasteiger partial charge in [0.05, 0.1) is 11.3 Å². The average Bonchev–Trinajstić information content (AvgIpc) is 2.40. The number of hydrogen-bond acceptors (Lipinski definition) is 3. The Labute approximate surface area is 115 Å². The van der Waals surface area contributed by atoms with Gasteiger partial charge in [0.25, 0.3) is 5.91 Å². The summed E-state index contributed by atoms with van der Waals surface area (Å²) in [6.45, 7) is 2.68. The number of rotatable bonds is 1. The number of nitrogens with zero attached hydrogens (tertiary/aromatic N) is 2. The Kier molecular flexibility index (Phi) is 4.04. The lowest BCUT2D eigenvalue weighted by atomic mass is 9.97. The number of carbonyl (C=O) groups is 1. The molecule has 6 heteroatoms. The smallest absolute Gasteiger partial charge is 0.256 e. The molecule has 0 spiro atoms. The summed E-state index contributed by atoms with van der Waals surface area (Å²) in [6, 6.07) is 3.92. The molecule has 0 bridgehead atoms. The van der Waals surface area contributed by atoms with Crippen molar-refractivity contribution in [2.24, 2.45) is 11.1 Å². The van der Waals surface area contributed by atoms with E-state index in [9.17, 15) is 9.18 Å². The highest BCUT2D eigenvalue weighted by atomic mass is 35.5. The molecule has 2 rings (SSSR count). The molecule has 1 amide bonds. The molecule has 1 saturated heterocycles. The average molecular weight is 285 g/mol. The summed E-state index contributed by atoms with van der Waals surface area (Å²) in [5.41, 5.74) is 0.639. The van der Waals surface area contributed by atoms with Crippen molar-refractivity contribution < 1.29 is 14.4 Å². The van der Waals surface area contributed by atoms with Gasteiger partial charge in [-0.05, 0) is 18.2 Å². The van der Waals surface area contributed by atoms with E-state index in [1.165, 1.54) is 18.2 Å². The first-order valence-electron chi connectivity index (χ1n) is 5.98. The first kappa shape index (κ1) is 13.8. The van der Waals surface area contributed by atoms with Crippen molar-refractivity contribution in [1.82, 2.24) is 4.90 Å². The van der Waals surface area contributed by atoms with Crippen LogP contribution in [0.5, 0.6) is 0 Å². The van der Waals surface area contributed by atoms with Crippen LogP contribution in [0, 0.1) is 11.7 Å². The molecule has 19 heavy (non-hydrogen) atoms. The Morgan fingerprint density at radius 3 is 2.95 bits per heavy atom. The third-order valence-corrected chi connectivity index (χ3v) is 3.51. The van der Waals surface area contributed by atoms with Gasteiger partial charge in [-0.25, -0.2) is 4.39 Å². The van der Waals surface area contributed by atoms with E-state index in [0.29, 0.717) is 30.2 Å². The first-order chi connectivity index (χ1) is 9.02. The summed E-state index contributed by atoms with van der Waals surface area (Å²) >= 11 is 5.78.